The van der Waals surface area contributed by atoms with Crippen molar-refractivity contribution in [2.24, 2.45) is 0 Å². The number of halogens is 3. The molecule has 20 heavy (non-hydrogen) atoms. The largest absolute Gasteiger partial charge is 0.392 e. The van der Waals surface area contributed by atoms with Gasteiger partial charge in [0.25, 0.3) is 0 Å². The third kappa shape index (κ3) is 2.27. The Hall–Kier alpha value is -1.26. The zero-order valence-corrected chi connectivity index (χ0v) is 12.2. The molecular formula is C16H13BrF2O. The van der Waals surface area contributed by atoms with E-state index in [1.165, 1.54) is 17.7 Å². The Kier molecular flexibility index (Phi) is 3.61. The molecule has 0 spiro atoms. The second-order valence-electron chi connectivity index (χ2n) is 5.10. The molecule has 1 aliphatic rings. The van der Waals surface area contributed by atoms with Crippen molar-refractivity contribution in [2.75, 3.05) is 0 Å². The highest BCUT2D eigenvalue weighted by Gasteiger charge is 2.32. The number of fused-ring (bicyclic) bond motifs is 1. The Morgan fingerprint density at radius 3 is 2.70 bits per heavy atom. The Morgan fingerprint density at radius 2 is 1.95 bits per heavy atom. The molecule has 0 bridgehead atoms. The fourth-order valence-corrected chi connectivity index (χ4v) is 3.12. The van der Waals surface area contributed by atoms with Crippen molar-refractivity contribution < 1.29 is 13.9 Å². The van der Waals surface area contributed by atoms with E-state index in [4.69, 9.17) is 0 Å². The molecule has 3 rings (SSSR count). The number of aliphatic hydroxyl groups is 1. The summed E-state index contributed by atoms with van der Waals surface area (Å²) >= 11 is 3.04. The predicted octanol–water partition coefficient (Wildman–Crippen LogP) is 3.97. The predicted molar refractivity (Wildman–Crippen MR) is 76.7 cm³/mol. The third-order valence-electron chi connectivity index (χ3n) is 3.91. The average molecular weight is 339 g/mol. The molecule has 0 radical (unpaired) electrons. The Balaban J connectivity index is 1.82. The molecule has 1 N–H and O–H groups in total. The van der Waals surface area contributed by atoms with Crippen molar-refractivity contribution in [1.82, 2.24) is 0 Å². The lowest BCUT2D eigenvalue weighted by Gasteiger charge is -2.34. The first-order valence-electron chi connectivity index (χ1n) is 6.46. The van der Waals surface area contributed by atoms with Gasteiger partial charge >= 0.3 is 0 Å². The van der Waals surface area contributed by atoms with Crippen LogP contribution in [0.15, 0.2) is 40.9 Å². The minimum atomic E-state index is -0.775. The van der Waals surface area contributed by atoms with Gasteiger partial charge in [0.15, 0.2) is 0 Å². The van der Waals surface area contributed by atoms with E-state index in [2.05, 4.69) is 15.9 Å². The van der Waals surface area contributed by atoms with Crippen molar-refractivity contribution in [1.29, 1.82) is 0 Å². The van der Waals surface area contributed by atoms with Crippen LogP contribution < -0.4 is 0 Å². The maximum absolute atomic E-state index is 13.9. The van der Waals surface area contributed by atoms with Gasteiger partial charge in [-0.05, 0) is 45.6 Å². The quantitative estimate of drug-likeness (QED) is 0.839. The molecule has 2 atom stereocenters. The van der Waals surface area contributed by atoms with E-state index in [9.17, 15) is 13.9 Å². The molecule has 0 aromatic heterocycles. The smallest absolute Gasteiger partial charge is 0.143 e. The van der Waals surface area contributed by atoms with Crippen LogP contribution in [0.5, 0.6) is 0 Å². The zero-order chi connectivity index (χ0) is 14.3. The van der Waals surface area contributed by atoms with E-state index < -0.39 is 17.7 Å². The van der Waals surface area contributed by atoms with Crippen molar-refractivity contribution in [3.63, 3.8) is 0 Å². The molecule has 104 valence electrons. The summed E-state index contributed by atoms with van der Waals surface area (Å²) in [6, 6.07) is 10.4. The van der Waals surface area contributed by atoms with E-state index >= 15 is 0 Å². The van der Waals surface area contributed by atoms with Crippen LogP contribution in [0.3, 0.4) is 0 Å². The van der Waals surface area contributed by atoms with Gasteiger partial charge < -0.3 is 5.11 Å². The van der Waals surface area contributed by atoms with E-state index in [0.717, 1.165) is 12.0 Å². The Morgan fingerprint density at radius 1 is 1.20 bits per heavy atom. The summed E-state index contributed by atoms with van der Waals surface area (Å²) in [5.74, 6) is -1.28. The number of aliphatic hydroxyl groups excluding tert-OH is 1. The number of hydrogen-bond donors (Lipinski definition) is 1. The van der Waals surface area contributed by atoms with Gasteiger partial charge in [-0.15, -0.1) is 0 Å². The van der Waals surface area contributed by atoms with Gasteiger partial charge in [-0.2, -0.15) is 0 Å². The molecule has 0 saturated carbocycles. The van der Waals surface area contributed by atoms with Gasteiger partial charge in [-0.25, -0.2) is 8.78 Å². The summed E-state index contributed by atoms with van der Waals surface area (Å²) in [5, 5.41) is 10.3. The second kappa shape index (κ2) is 5.26. The molecule has 1 nitrogen and oxygen atoms in total. The molecule has 0 aliphatic heterocycles. The fraction of sp³-hybridized carbons (Fsp3) is 0.250. The van der Waals surface area contributed by atoms with Crippen LogP contribution in [0, 0.1) is 11.6 Å². The molecule has 0 heterocycles. The molecule has 0 fully saturated rings. The maximum atomic E-state index is 13.9. The number of benzene rings is 2. The lowest BCUT2D eigenvalue weighted by molar-refractivity contribution is 0.131. The van der Waals surface area contributed by atoms with Crippen LogP contribution in [0.1, 0.15) is 22.6 Å². The highest BCUT2D eigenvalue weighted by Crippen LogP contribution is 2.38. The molecule has 0 saturated heterocycles. The standard InChI is InChI=1S/C16H13BrF2O/c17-13-5-6-14(18)12(16(13)19)8-15(20)11-7-9-3-1-2-4-10(9)11/h1-6,11,15,20H,7-8H2. The summed E-state index contributed by atoms with van der Waals surface area (Å²) in [7, 11) is 0. The van der Waals surface area contributed by atoms with E-state index in [1.807, 2.05) is 24.3 Å². The fourth-order valence-electron chi connectivity index (χ4n) is 2.75. The molecular weight excluding hydrogens is 326 g/mol. The van der Waals surface area contributed by atoms with Crippen molar-refractivity contribution in [3.05, 3.63) is 69.2 Å². The van der Waals surface area contributed by atoms with Crippen LogP contribution in [-0.2, 0) is 12.8 Å². The molecule has 1 aliphatic carbocycles. The molecule has 0 amide bonds. The van der Waals surface area contributed by atoms with Crippen LogP contribution in [0.2, 0.25) is 0 Å². The van der Waals surface area contributed by atoms with Gasteiger partial charge in [0, 0.05) is 17.9 Å². The van der Waals surface area contributed by atoms with E-state index in [0.29, 0.717) is 0 Å². The maximum Gasteiger partial charge on any atom is 0.143 e. The first kappa shape index (κ1) is 13.7. The summed E-state index contributed by atoms with van der Waals surface area (Å²) in [5.41, 5.74) is 2.22. The highest BCUT2D eigenvalue weighted by atomic mass is 79.9. The van der Waals surface area contributed by atoms with Gasteiger partial charge in [0.1, 0.15) is 11.6 Å². The average Bonchev–Trinajstić information content (AvgIpc) is 2.41. The van der Waals surface area contributed by atoms with Crippen molar-refractivity contribution in [3.8, 4) is 0 Å². The SMILES string of the molecule is OC(Cc1c(F)ccc(Br)c1F)C1Cc2ccccc21. The van der Waals surface area contributed by atoms with Gasteiger partial charge in [0.05, 0.1) is 10.6 Å². The van der Waals surface area contributed by atoms with Gasteiger partial charge in [0.2, 0.25) is 0 Å². The normalized spacial score (nSPS) is 18.3. The van der Waals surface area contributed by atoms with E-state index in [-0.39, 0.29) is 22.4 Å². The minimum Gasteiger partial charge on any atom is -0.392 e. The Labute approximate surface area is 124 Å². The first-order chi connectivity index (χ1) is 9.58. The molecule has 4 heteroatoms. The Bertz CT molecular complexity index is 657. The minimum absolute atomic E-state index is 0.0178. The summed E-state index contributed by atoms with van der Waals surface area (Å²) < 4.78 is 27.8. The van der Waals surface area contributed by atoms with Crippen LogP contribution in [0.4, 0.5) is 8.78 Å². The number of rotatable bonds is 3. The summed E-state index contributed by atoms with van der Waals surface area (Å²) in [6.07, 6.45) is -0.0341. The van der Waals surface area contributed by atoms with Crippen LogP contribution >= 0.6 is 15.9 Å². The second-order valence-corrected chi connectivity index (χ2v) is 5.96. The van der Waals surface area contributed by atoms with Crippen molar-refractivity contribution in [2.45, 2.75) is 24.9 Å². The summed E-state index contributed by atoms with van der Waals surface area (Å²) in [4.78, 5) is 0. The number of hydrogen-bond acceptors (Lipinski definition) is 1. The highest BCUT2D eigenvalue weighted by molar-refractivity contribution is 9.10. The zero-order valence-electron chi connectivity index (χ0n) is 10.6. The van der Waals surface area contributed by atoms with Crippen LogP contribution in [0.25, 0.3) is 0 Å². The topological polar surface area (TPSA) is 20.2 Å². The third-order valence-corrected chi connectivity index (χ3v) is 4.52. The lowest BCUT2D eigenvalue weighted by Crippen LogP contribution is -2.31. The van der Waals surface area contributed by atoms with E-state index in [1.54, 1.807) is 0 Å². The van der Waals surface area contributed by atoms with Gasteiger partial charge in [-0.3, -0.25) is 0 Å². The molecule has 2 unspecified atom stereocenters. The monoisotopic (exact) mass is 338 g/mol. The van der Waals surface area contributed by atoms with Gasteiger partial charge in [-0.1, -0.05) is 24.3 Å². The lowest BCUT2D eigenvalue weighted by atomic mass is 9.73. The first-order valence-corrected chi connectivity index (χ1v) is 7.25. The molecule has 2 aromatic carbocycles. The summed E-state index contributed by atoms with van der Waals surface area (Å²) in [6.45, 7) is 0. The van der Waals surface area contributed by atoms with Crippen molar-refractivity contribution >= 4 is 15.9 Å². The molecule has 2 aromatic rings. The van der Waals surface area contributed by atoms with Crippen LogP contribution in [-0.4, -0.2) is 11.2 Å².